The minimum Gasteiger partial charge on any atom is -0.361 e. The summed E-state index contributed by atoms with van der Waals surface area (Å²) in [7, 11) is -1.46. The van der Waals surface area contributed by atoms with Crippen LogP contribution in [-0.2, 0) is 16.6 Å². The number of aliphatic imine (C=N–C) groups is 1. The number of hydrogen-bond acceptors (Lipinski definition) is 7. The molecule has 2 aliphatic rings. The van der Waals surface area contributed by atoms with E-state index in [9.17, 15) is 8.42 Å². The summed E-state index contributed by atoms with van der Waals surface area (Å²) in [5.74, 6) is 3.46. The van der Waals surface area contributed by atoms with Crippen LogP contribution in [0.1, 0.15) is 11.5 Å². The average molecular weight is 431 g/mol. The first-order valence-corrected chi connectivity index (χ1v) is 12.4. The molecular formula is C17H30N6O3S2. The second-order valence-corrected chi connectivity index (χ2v) is 10.3. The number of nitrogens with one attached hydrogen (secondary N) is 1. The molecule has 2 aliphatic heterocycles. The number of thioether (sulfide) groups is 1. The van der Waals surface area contributed by atoms with Crippen LogP contribution in [0.4, 0.5) is 0 Å². The number of nitrogens with zero attached hydrogens (tertiary/aromatic N) is 5. The first-order valence-electron chi connectivity index (χ1n) is 9.63. The topological polar surface area (TPSA) is 94.3 Å². The Kier molecular flexibility index (Phi) is 7.61. The van der Waals surface area contributed by atoms with E-state index in [4.69, 9.17) is 4.52 Å². The van der Waals surface area contributed by atoms with E-state index < -0.39 is 10.0 Å². The van der Waals surface area contributed by atoms with Crippen molar-refractivity contribution in [3.05, 3.63) is 17.5 Å². The Morgan fingerprint density at radius 2 is 1.96 bits per heavy atom. The first kappa shape index (κ1) is 21.4. The van der Waals surface area contributed by atoms with Gasteiger partial charge in [0.15, 0.2) is 5.96 Å². The lowest BCUT2D eigenvalue weighted by Gasteiger charge is -2.36. The van der Waals surface area contributed by atoms with Crippen molar-refractivity contribution in [2.75, 3.05) is 70.1 Å². The van der Waals surface area contributed by atoms with Gasteiger partial charge < -0.3 is 14.7 Å². The fourth-order valence-electron chi connectivity index (χ4n) is 3.42. The van der Waals surface area contributed by atoms with Crippen LogP contribution in [0.3, 0.4) is 0 Å². The Bertz CT molecular complexity index is 753. The summed E-state index contributed by atoms with van der Waals surface area (Å²) in [5, 5.41) is 7.27. The lowest BCUT2D eigenvalue weighted by Crippen LogP contribution is -2.53. The zero-order valence-electron chi connectivity index (χ0n) is 16.6. The fourth-order valence-corrected chi connectivity index (χ4v) is 5.91. The number of guanidine groups is 1. The highest BCUT2D eigenvalue weighted by Gasteiger charge is 2.25. The van der Waals surface area contributed by atoms with Crippen LogP contribution in [0, 0.1) is 6.92 Å². The predicted molar refractivity (Wildman–Crippen MR) is 112 cm³/mol. The van der Waals surface area contributed by atoms with Crippen molar-refractivity contribution in [1.29, 1.82) is 0 Å². The van der Waals surface area contributed by atoms with Crippen molar-refractivity contribution in [1.82, 2.24) is 24.6 Å². The number of aryl methyl sites for hydroxylation is 1. The van der Waals surface area contributed by atoms with Crippen molar-refractivity contribution in [2.45, 2.75) is 13.5 Å². The summed E-state index contributed by atoms with van der Waals surface area (Å²) in [4.78, 5) is 8.84. The molecule has 0 amide bonds. The molecule has 2 fully saturated rings. The molecule has 9 nitrogen and oxygen atoms in total. The van der Waals surface area contributed by atoms with Gasteiger partial charge in [0.05, 0.1) is 11.4 Å². The second kappa shape index (κ2) is 9.95. The van der Waals surface area contributed by atoms with Gasteiger partial charge in [-0.15, -0.1) is 0 Å². The fraction of sp³-hybridized carbons (Fsp3) is 0.765. The molecule has 158 valence electrons. The first-order chi connectivity index (χ1) is 13.5. The Morgan fingerprint density at radius 1 is 1.25 bits per heavy atom. The van der Waals surface area contributed by atoms with Gasteiger partial charge in [-0.3, -0.25) is 9.89 Å². The van der Waals surface area contributed by atoms with E-state index in [0.29, 0.717) is 19.6 Å². The highest BCUT2D eigenvalue weighted by Crippen LogP contribution is 2.13. The molecule has 1 aromatic rings. The van der Waals surface area contributed by atoms with Gasteiger partial charge in [0, 0.05) is 77.0 Å². The average Bonchev–Trinajstić information content (AvgIpc) is 3.11. The number of rotatable bonds is 6. The van der Waals surface area contributed by atoms with Gasteiger partial charge in [-0.2, -0.15) is 11.8 Å². The number of sulfonamides is 1. The van der Waals surface area contributed by atoms with E-state index in [2.05, 4.69) is 25.3 Å². The van der Waals surface area contributed by atoms with Gasteiger partial charge >= 0.3 is 0 Å². The highest BCUT2D eigenvalue weighted by molar-refractivity contribution is 7.99. The Morgan fingerprint density at radius 3 is 2.57 bits per heavy atom. The quantitative estimate of drug-likeness (QED) is 0.500. The Labute approximate surface area is 171 Å². The zero-order chi connectivity index (χ0) is 20.0. The maximum absolute atomic E-state index is 12.5. The second-order valence-electron chi connectivity index (χ2n) is 6.99. The van der Waals surface area contributed by atoms with Crippen molar-refractivity contribution < 1.29 is 12.9 Å². The Hall–Kier alpha value is -1.30. The third-order valence-electron chi connectivity index (χ3n) is 4.95. The highest BCUT2D eigenvalue weighted by atomic mass is 32.2. The van der Waals surface area contributed by atoms with E-state index in [1.165, 1.54) is 0 Å². The molecule has 0 aromatic carbocycles. The van der Waals surface area contributed by atoms with Crippen molar-refractivity contribution in [2.24, 2.45) is 4.99 Å². The van der Waals surface area contributed by atoms with Gasteiger partial charge in [0.1, 0.15) is 5.76 Å². The van der Waals surface area contributed by atoms with Crippen molar-refractivity contribution >= 4 is 27.7 Å². The van der Waals surface area contributed by atoms with Crippen LogP contribution < -0.4 is 5.32 Å². The molecule has 0 unspecified atom stereocenters. The molecule has 0 spiro atoms. The minimum atomic E-state index is -3.20. The molecule has 0 bridgehead atoms. The summed E-state index contributed by atoms with van der Waals surface area (Å²) in [5.41, 5.74) is 0.953. The lowest BCUT2D eigenvalue weighted by molar-refractivity contribution is 0.169. The molecule has 0 aliphatic carbocycles. The predicted octanol–water partition coefficient (Wildman–Crippen LogP) is 0.0546. The van der Waals surface area contributed by atoms with Crippen LogP contribution in [-0.4, -0.2) is 104 Å². The molecule has 3 heterocycles. The van der Waals surface area contributed by atoms with Gasteiger partial charge in [-0.25, -0.2) is 12.7 Å². The SMILES string of the molecule is CN=C(NCCS(=O)(=O)N1CCSCC1)N1CCN(Cc2cc(C)on2)CC1. The van der Waals surface area contributed by atoms with Crippen LogP contribution in [0.25, 0.3) is 0 Å². The van der Waals surface area contributed by atoms with E-state index >= 15 is 0 Å². The number of piperazine rings is 1. The summed E-state index contributed by atoms with van der Waals surface area (Å²) >= 11 is 1.81. The molecule has 0 radical (unpaired) electrons. The molecule has 3 rings (SSSR count). The molecular weight excluding hydrogens is 400 g/mol. The normalized spacial score (nSPS) is 20.5. The van der Waals surface area contributed by atoms with Crippen LogP contribution in [0.2, 0.25) is 0 Å². The molecule has 0 saturated carbocycles. The summed E-state index contributed by atoms with van der Waals surface area (Å²) in [6.07, 6.45) is 0. The van der Waals surface area contributed by atoms with Gasteiger partial charge in [-0.1, -0.05) is 5.16 Å². The van der Waals surface area contributed by atoms with Crippen molar-refractivity contribution in [3.8, 4) is 0 Å². The summed E-state index contributed by atoms with van der Waals surface area (Å²) in [6, 6.07) is 1.97. The largest absolute Gasteiger partial charge is 0.361 e. The van der Waals surface area contributed by atoms with Crippen LogP contribution in [0.5, 0.6) is 0 Å². The van der Waals surface area contributed by atoms with Gasteiger partial charge in [0.2, 0.25) is 10.0 Å². The lowest BCUT2D eigenvalue weighted by atomic mass is 10.3. The number of aromatic nitrogens is 1. The Balaban J connectivity index is 1.42. The third-order valence-corrected chi connectivity index (χ3v) is 7.77. The maximum atomic E-state index is 12.5. The molecule has 1 aromatic heterocycles. The van der Waals surface area contributed by atoms with Crippen molar-refractivity contribution in [3.63, 3.8) is 0 Å². The summed E-state index contributed by atoms with van der Waals surface area (Å²) < 4.78 is 31.6. The molecule has 1 N–H and O–H groups in total. The van der Waals surface area contributed by atoms with Gasteiger partial charge in [0.25, 0.3) is 0 Å². The standard InChI is InChI=1S/C17H30N6O3S2/c1-15-13-16(20-26-15)14-21-4-6-22(7-5-21)17(18-2)19-3-12-28(24,25)23-8-10-27-11-9-23/h13H,3-12,14H2,1-2H3,(H,18,19). The van der Waals surface area contributed by atoms with E-state index in [0.717, 1.165) is 61.6 Å². The van der Waals surface area contributed by atoms with E-state index in [1.807, 2.05) is 13.0 Å². The van der Waals surface area contributed by atoms with E-state index in [-0.39, 0.29) is 5.75 Å². The number of hydrogen-bond donors (Lipinski definition) is 1. The summed E-state index contributed by atoms with van der Waals surface area (Å²) in [6.45, 7) is 7.77. The molecule has 28 heavy (non-hydrogen) atoms. The molecule has 11 heteroatoms. The van der Waals surface area contributed by atoms with Gasteiger partial charge in [-0.05, 0) is 6.92 Å². The van der Waals surface area contributed by atoms with E-state index in [1.54, 1.807) is 23.1 Å². The van der Waals surface area contributed by atoms with Crippen LogP contribution in [0.15, 0.2) is 15.6 Å². The smallest absolute Gasteiger partial charge is 0.215 e. The third kappa shape index (κ3) is 5.85. The monoisotopic (exact) mass is 430 g/mol. The zero-order valence-corrected chi connectivity index (χ0v) is 18.3. The minimum absolute atomic E-state index is 0.0994. The molecule has 0 atom stereocenters. The van der Waals surface area contributed by atoms with Crippen LogP contribution >= 0.6 is 11.8 Å². The maximum Gasteiger partial charge on any atom is 0.215 e. The molecule has 2 saturated heterocycles.